The molecule has 1 heterocycles. The number of nitrogens with one attached hydrogen (secondary N) is 1. The first-order valence-electron chi connectivity index (χ1n) is 8.70. The Morgan fingerprint density at radius 2 is 1.57 bits per heavy atom. The second kappa shape index (κ2) is 6.42. The first-order chi connectivity index (χ1) is 13.3. The van der Waals surface area contributed by atoms with E-state index < -0.39 is 15.7 Å². The van der Waals surface area contributed by atoms with Crippen molar-refractivity contribution >= 4 is 27.2 Å². The Bertz CT molecular complexity index is 1260. The van der Waals surface area contributed by atoms with Gasteiger partial charge in [0.25, 0.3) is 5.91 Å². The summed E-state index contributed by atoms with van der Waals surface area (Å²) in [5, 5.41) is 2.80. The number of hydrogen-bond donors (Lipinski definition) is 1. The molecule has 28 heavy (non-hydrogen) atoms. The number of carbonyl (C=O) groups excluding carboxylic acids is 2. The van der Waals surface area contributed by atoms with Gasteiger partial charge in [0.05, 0.1) is 9.79 Å². The normalized spacial score (nSPS) is 14.1. The summed E-state index contributed by atoms with van der Waals surface area (Å²) in [6.45, 7) is 3.84. The van der Waals surface area contributed by atoms with E-state index in [-0.39, 0.29) is 32.3 Å². The number of ketones is 1. The number of benzene rings is 3. The number of fused-ring (bicyclic) bond motifs is 2. The van der Waals surface area contributed by atoms with Gasteiger partial charge in [0.2, 0.25) is 9.84 Å². The van der Waals surface area contributed by atoms with E-state index in [2.05, 4.69) is 5.32 Å². The number of sulfone groups is 1. The third-order valence-electron chi connectivity index (χ3n) is 4.83. The summed E-state index contributed by atoms with van der Waals surface area (Å²) >= 11 is 0. The van der Waals surface area contributed by atoms with Gasteiger partial charge in [-0.05, 0) is 55.8 Å². The lowest BCUT2D eigenvalue weighted by molar-refractivity contribution is 0.101. The lowest BCUT2D eigenvalue weighted by Crippen LogP contribution is -2.21. The molecule has 0 saturated carbocycles. The number of carbonyl (C=O) groups is 2. The molecule has 0 unspecified atom stereocenters. The summed E-state index contributed by atoms with van der Waals surface area (Å²) in [6.07, 6.45) is 0. The summed E-state index contributed by atoms with van der Waals surface area (Å²) in [4.78, 5) is 25.2. The van der Waals surface area contributed by atoms with Crippen molar-refractivity contribution < 1.29 is 18.0 Å². The molecule has 3 aromatic carbocycles. The van der Waals surface area contributed by atoms with Crippen molar-refractivity contribution in [1.29, 1.82) is 0 Å². The van der Waals surface area contributed by atoms with Crippen LogP contribution in [0, 0.1) is 13.8 Å². The Balaban J connectivity index is 1.76. The molecule has 140 valence electrons. The van der Waals surface area contributed by atoms with Crippen LogP contribution in [0.5, 0.6) is 0 Å². The molecular weight excluding hydrogens is 374 g/mol. The van der Waals surface area contributed by atoms with Crippen LogP contribution >= 0.6 is 0 Å². The van der Waals surface area contributed by atoms with Crippen molar-refractivity contribution in [3.63, 3.8) is 0 Å². The van der Waals surface area contributed by atoms with Crippen molar-refractivity contribution in [3.05, 3.63) is 88.5 Å². The van der Waals surface area contributed by atoms with Crippen molar-refractivity contribution in [1.82, 2.24) is 0 Å². The van der Waals surface area contributed by atoms with Gasteiger partial charge in [-0.1, -0.05) is 29.8 Å². The fourth-order valence-corrected chi connectivity index (χ4v) is 5.05. The number of anilines is 1. The summed E-state index contributed by atoms with van der Waals surface area (Å²) in [5.41, 5.74) is 3.05. The molecule has 3 aromatic rings. The van der Waals surface area contributed by atoms with Crippen molar-refractivity contribution in [2.45, 2.75) is 23.6 Å². The number of amides is 1. The van der Waals surface area contributed by atoms with E-state index in [4.69, 9.17) is 0 Å². The zero-order valence-corrected chi connectivity index (χ0v) is 16.1. The molecule has 4 rings (SSSR count). The highest BCUT2D eigenvalue weighted by Crippen LogP contribution is 2.34. The molecule has 0 fully saturated rings. The predicted molar refractivity (Wildman–Crippen MR) is 106 cm³/mol. The first-order valence-corrected chi connectivity index (χ1v) is 10.2. The summed E-state index contributed by atoms with van der Waals surface area (Å²) < 4.78 is 26.0. The number of aryl methyl sites for hydroxylation is 2. The second-order valence-corrected chi connectivity index (χ2v) is 8.70. The summed E-state index contributed by atoms with van der Waals surface area (Å²) in [7, 11) is -3.88. The third-order valence-corrected chi connectivity index (χ3v) is 6.68. The monoisotopic (exact) mass is 391 g/mol. The van der Waals surface area contributed by atoms with Gasteiger partial charge in [-0.3, -0.25) is 9.59 Å². The topological polar surface area (TPSA) is 80.3 Å². The smallest absolute Gasteiger partial charge is 0.255 e. The lowest BCUT2D eigenvalue weighted by atomic mass is 10.0. The molecule has 1 N–H and O–H groups in total. The minimum absolute atomic E-state index is 0.0283. The van der Waals surface area contributed by atoms with Gasteiger partial charge in [0.1, 0.15) is 0 Å². The van der Waals surface area contributed by atoms with E-state index in [1.165, 1.54) is 30.3 Å². The minimum atomic E-state index is -3.88. The predicted octanol–water partition coefficient (Wildman–Crippen LogP) is 3.93. The van der Waals surface area contributed by atoms with E-state index in [1.807, 2.05) is 26.0 Å². The van der Waals surface area contributed by atoms with Crippen molar-refractivity contribution in [2.24, 2.45) is 0 Å². The molecule has 1 aliphatic heterocycles. The minimum Gasteiger partial charge on any atom is -0.322 e. The number of rotatable bonds is 2. The molecule has 0 spiro atoms. The van der Waals surface area contributed by atoms with E-state index in [1.54, 1.807) is 18.2 Å². The zero-order chi connectivity index (χ0) is 20.1. The molecule has 1 aliphatic rings. The standard InChI is InChI=1S/C22H17NO4S/c1-13-7-10-18(14(2)11-13)23-22(25)15-8-9-17-20(12-15)28(26,27)19-6-4-3-5-16(19)21(17)24/h3-12H,1-2H3,(H,23,25). The van der Waals surface area contributed by atoms with Crippen LogP contribution in [0.1, 0.15) is 37.4 Å². The molecule has 0 bridgehead atoms. The molecule has 0 radical (unpaired) electrons. The Kier molecular flexibility index (Phi) is 4.16. The Labute approximate surface area is 162 Å². The quantitative estimate of drug-likeness (QED) is 0.561. The fraction of sp³-hybridized carbons (Fsp3) is 0.0909. The third kappa shape index (κ3) is 2.82. The maximum absolute atomic E-state index is 13.0. The molecule has 0 aliphatic carbocycles. The van der Waals surface area contributed by atoms with Gasteiger partial charge in [0.15, 0.2) is 5.78 Å². The highest BCUT2D eigenvalue weighted by molar-refractivity contribution is 7.91. The van der Waals surface area contributed by atoms with Crippen LogP contribution in [-0.4, -0.2) is 20.1 Å². The second-order valence-electron chi connectivity index (χ2n) is 6.81. The van der Waals surface area contributed by atoms with Gasteiger partial charge in [-0.2, -0.15) is 0 Å². The molecule has 0 saturated heterocycles. The Morgan fingerprint density at radius 3 is 2.32 bits per heavy atom. The van der Waals surface area contributed by atoms with Crippen LogP contribution in [0.15, 0.2) is 70.5 Å². The average Bonchev–Trinajstić information content (AvgIpc) is 2.68. The van der Waals surface area contributed by atoms with E-state index >= 15 is 0 Å². The molecule has 5 nitrogen and oxygen atoms in total. The largest absolute Gasteiger partial charge is 0.322 e. The molecule has 6 heteroatoms. The average molecular weight is 391 g/mol. The van der Waals surface area contributed by atoms with Gasteiger partial charge in [-0.15, -0.1) is 0 Å². The zero-order valence-electron chi connectivity index (χ0n) is 15.3. The highest BCUT2D eigenvalue weighted by Gasteiger charge is 2.35. The maximum atomic E-state index is 13.0. The molecule has 0 atom stereocenters. The lowest BCUT2D eigenvalue weighted by Gasteiger charge is -2.19. The van der Waals surface area contributed by atoms with Gasteiger partial charge < -0.3 is 5.32 Å². The van der Waals surface area contributed by atoms with Gasteiger partial charge in [-0.25, -0.2) is 8.42 Å². The Hall–Kier alpha value is -3.25. The van der Waals surface area contributed by atoms with Crippen LogP contribution in [0.2, 0.25) is 0 Å². The van der Waals surface area contributed by atoms with Crippen LogP contribution < -0.4 is 5.32 Å². The number of hydrogen-bond acceptors (Lipinski definition) is 4. The van der Waals surface area contributed by atoms with Crippen LogP contribution in [0.25, 0.3) is 0 Å². The molecule has 0 aromatic heterocycles. The van der Waals surface area contributed by atoms with E-state index in [9.17, 15) is 18.0 Å². The van der Waals surface area contributed by atoms with Gasteiger partial charge in [0, 0.05) is 22.4 Å². The SMILES string of the molecule is Cc1ccc(NC(=O)c2ccc3c(c2)S(=O)(=O)c2ccccc2C3=O)c(C)c1. The van der Waals surface area contributed by atoms with Crippen LogP contribution in [0.4, 0.5) is 5.69 Å². The van der Waals surface area contributed by atoms with Crippen LogP contribution in [0.3, 0.4) is 0 Å². The maximum Gasteiger partial charge on any atom is 0.255 e. The summed E-state index contributed by atoms with van der Waals surface area (Å²) in [5.74, 6) is -0.793. The van der Waals surface area contributed by atoms with Crippen LogP contribution in [-0.2, 0) is 9.84 Å². The van der Waals surface area contributed by atoms with E-state index in [0.29, 0.717) is 5.69 Å². The summed E-state index contributed by atoms with van der Waals surface area (Å²) in [6, 6.07) is 15.9. The molecule has 1 amide bonds. The van der Waals surface area contributed by atoms with Gasteiger partial charge >= 0.3 is 0 Å². The van der Waals surface area contributed by atoms with Crippen molar-refractivity contribution in [2.75, 3.05) is 5.32 Å². The molecular formula is C22H17NO4S. The first kappa shape index (κ1) is 18.1. The highest BCUT2D eigenvalue weighted by atomic mass is 32.2. The van der Waals surface area contributed by atoms with E-state index in [0.717, 1.165) is 11.1 Å². The Morgan fingerprint density at radius 1 is 0.857 bits per heavy atom. The van der Waals surface area contributed by atoms with Crippen molar-refractivity contribution in [3.8, 4) is 0 Å². The fourth-order valence-electron chi connectivity index (χ4n) is 3.37.